The summed E-state index contributed by atoms with van der Waals surface area (Å²) in [7, 11) is 0. The van der Waals surface area contributed by atoms with Crippen LogP contribution in [0.5, 0.6) is 11.5 Å². The lowest BCUT2D eigenvalue weighted by atomic mass is 9.65. The maximum Gasteiger partial charge on any atom is 0.127 e. The molecule has 2 heteroatoms. The van der Waals surface area contributed by atoms with Crippen LogP contribution in [0.4, 0.5) is 0 Å². The fraction of sp³-hybridized carbons (Fsp3) is 0.700. The molecule has 22 heavy (non-hydrogen) atoms. The summed E-state index contributed by atoms with van der Waals surface area (Å²) < 4.78 is 6.62. The Morgan fingerprint density at radius 2 is 1.86 bits per heavy atom. The van der Waals surface area contributed by atoms with Crippen molar-refractivity contribution in [1.82, 2.24) is 0 Å². The van der Waals surface area contributed by atoms with Gasteiger partial charge in [-0.15, -0.1) is 0 Å². The standard InChI is InChI=1S/C20H28O2/c1-3-4-10-20(2)11-9-15-12-16(21)17-13-5-7-14(8-6-13)18(17)19(15)22-20/h12-14,21H,3-11H2,1-2H3. The molecule has 1 aliphatic heterocycles. The fourth-order valence-corrected chi connectivity index (χ4v) is 4.98. The topological polar surface area (TPSA) is 29.5 Å². The number of unbranched alkanes of at least 4 members (excludes halogenated alkanes) is 1. The van der Waals surface area contributed by atoms with Gasteiger partial charge in [-0.2, -0.15) is 0 Å². The second-order valence-electron chi connectivity index (χ2n) is 7.92. The molecule has 0 saturated heterocycles. The molecule has 0 radical (unpaired) electrons. The largest absolute Gasteiger partial charge is 0.508 e. The smallest absolute Gasteiger partial charge is 0.127 e. The first-order chi connectivity index (χ1) is 10.6. The predicted octanol–water partition coefficient (Wildman–Crippen LogP) is 5.42. The molecule has 5 rings (SSSR count). The van der Waals surface area contributed by atoms with Crippen molar-refractivity contribution in [3.8, 4) is 11.5 Å². The van der Waals surface area contributed by atoms with Gasteiger partial charge in [-0.25, -0.2) is 0 Å². The number of aromatic hydroxyl groups is 1. The highest BCUT2D eigenvalue weighted by molar-refractivity contribution is 5.59. The summed E-state index contributed by atoms with van der Waals surface area (Å²) in [6.07, 6.45) is 10.8. The minimum Gasteiger partial charge on any atom is -0.508 e. The number of hydrogen-bond donors (Lipinski definition) is 1. The van der Waals surface area contributed by atoms with Crippen molar-refractivity contribution >= 4 is 0 Å². The van der Waals surface area contributed by atoms with E-state index in [1.165, 1.54) is 55.2 Å². The quantitative estimate of drug-likeness (QED) is 0.807. The molecule has 120 valence electrons. The second-order valence-corrected chi connectivity index (χ2v) is 7.92. The lowest BCUT2D eigenvalue weighted by Gasteiger charge is -2.44. The third-order valence-electron chi connectivity index (χ3n) is 6.29. The van der Waals surface area contributed by atoms with E-state index in [4.69, 9.17) is 4.74 Å². The van der Waals surface area contributed by atoms with E-state index < -0.39 is 0 Å². The van der Waals surface area contributed by atoms with Gasteiger partial charge in [0.2, 0.25) is 0 Å². The normalized spacial score (nSPS) is 32.3. The third-order valence-corrected chi connectivity index (χ3v) is 6.29. The van der Waals surface area contributed by atoms with Crippen LogP contribution in [0.15, 0.2) is 6.07 Å². The maximum absolute atomic E-state index is 10.6. The van der Waals surface area contributed by atoms with Crippen LogP contribution in [-0.4, -0.2) is 10.7 Å². The molecule has 3 aliphatic carbocycles. The van der Waals surface area contributed by atoms with Crippen LogP contribution < -0.4 is 4.74 Å². The first kappa shape index (κ1) is 14.4. The zero-order chi connectivity index (χ0) is 15.3. The van der Waals surface area contributed by atoms with Crippen LogP contribution in [0.1, 0.15) is 93.7 Å². The lowest BCUT2D eigenvalue weighted by molar-refractivity contribution is 0.0509. The van der Waals surface area contributed by atoms with Gasteiger partial charge >= 0.3 is 0 Å². The number of ether oxygens (including phenoxy) is 1. The second kappa shape index (κ2) is 5.18. The van der Waals surface area contributed by atoms with Gasteiger partial charge in [-0.05, 0) is 81.8 Å². The van der Waals surface area contributed by atoms with Gasteiger partial charge < -0.3 is 9.84 Å². The highest BCUT2D eigenvalue weighted by Crippen LogP contribution is 2.57. The minimum absolute atomic E-state index is 0.00948. The summed E-state index contributed by atoms with van der Waals surface area (Å²) in [6, 6.07) is 2.01. The van der Waals surface area contributed by atoms with Crippen molar-refractivity contribution < 1.29 is 9.84 Å². The van der Waals surface area contributed by atoms with Crippen molar-refractivity contribution in [2.45, 2.75) is 89.1 Å². The molecule has 1 heterocycles. The molecule has 1 atom stereocenters. The van der Waals surface area contributed by atoms with Crippen LogP contribution in [-0.2, 0) is 6.42 Å². The van der Waals surface area contributed by atoms with Crippen molar-refractivity contribution in [3.63, 3.8) is 0 Å². The van der Waals surface area contributed by atoms with E-state index in [2.05, 4.69) is 13.8 Å². The summed E-state index contributed by atoms with van der Waals surface area (Å²) in [5.41, 5.74) is 3.86. The molecule has 1 aromatic rings. The van der Waals surface area contributed by atoms with Crippen molar-refractivity contribution in [2.24, 2.45) is 0 Å². The van der Waals surface area contributed by atoms with E-state index in [-0.39, 0.29) is 5.60 Å². The summed E-state index contributed by atoms with van der Waals surface area (Å²) in [5.74, 6) is 2.89. The van der Waals surface area contributed by atoms with Gasteiger partial charge in [0.15, 0.2) is 0 Å². The number of phenols is 1. The van der Waals surface area contributed by atoms with E-state index in [1.807, 2.05) is 6.07 Å². The van der Waals surface area contributed by atoms with Crippen molar-refractivity contribution in [1.29, 1.82) is 0 Å². The molecule has 4 aliphatic rings. The lowest BCUT2D eigenvalue weighted by Crippen LogP contribution is -2.37. The van der Waals surface area contributed by atoms with E-state index in [0.717, 1.165) is 25.0 Å². The third kappa shape index (κ3) is 2.14. The number of rotatable bonds is 3. The summed E-state index contributed by atoms with van der Waals surface area (Å²) in [4.78, 5) is 0. The summed E-state index contributed by atoms with van der Waals surface area (Å²) >= 11 is 0. The molecule has 2 bridgehead atoms. The average Bonchev–Trinajstić information content (AvgIpc) is 2.55. The Balaban J connectivity index is 1.77. The first-order valence-electron chi connectivity index (χ1n) is 9.19. The molecule has 0 aromatic heterocycles. The molecular formula is C20H28O2. The van der Waals surface area contributed by atoms with Gasteiger partial charge in [-0.1, -0.05) is 13.3 Å². The maximum atomic E-state index is 10.6. The molecule has 1 fully saturated rings. The number of phenolic OH excluding ortho intramolecular Hbond substituents is 1. The Hall–Kier alpha value is -1.18. The molecule has 1 unspecified atom stereocenters. The zero-order valence-corrected chi connectivity index (χ0v) is 14.0. The molecular weight excluding hydrogens is 272 g/mol. The van der Waals surface area contributed by atoms with E-state index in [0.29, 0.717) is 17.6 Å². The Bertz CT molecular complexity index is 584. The highest BCUT2D eigenvalue weighted by Gasteiger charge is 2.41. The van der Waals surface area contributed by atoms with Crippen LogP contribution in [0.3, 0.4) is 0 Å². The van der Waals surface area contributed by atoms with Gasteiger partial charge in [0.25, 0.3) is 0 Å². The van der Waals surface area contributed by atoms with Gasteiger partial charge in [0.05, 0.1) is 0 Å². The number of hydrogen-bond acceptors (Lipinski definition) is 2. The Morgan fingerprint density at radius 3 is 2.55 bits per heavy atom. The van der Waals surface area contributed by atoms with Gasteiger partial charge in [0, 0.05) is 11.1 Å². The molecule has 1 aromatic carbocycles. The molecule has 1 N–H and O–H groups in total. The number of fused-ring (bicyclic) bond motifs is 3. The fourth-order valence-electron chi connectivity index (χ4n) is 4.98. The van der Waals surface area contributed by atoms with Crippen molar-refractivity contribution in [2.75, 3.05) is 0 Å². The van der Waals surface area contributed by atoms with E-state index >= 15 is 0 Å². The number of aryl methyl sites for hydroxylation is 1. The Morgan fingerprint density at radius 1 is 1.18 bits per heavy atom. The van der Waals surface area contributed by atoms with Crippen LogP contribution in [0, 0.1) is 0 Å². The van der Waals surface area contributed by atoms with E-state index in [1.54, 1.807) is 0 Å². The zero-order valence-electron chi connectivity index (χ0n) is 14.0. The minimum atomic E-state index is -0.00948. The van der Waals surface area contributed by atoms with Gasteiger partial charge in [0.1, 0.15) is 17.1 Å². The summed E-state index contributed by atoms with van der Waals surface area (Å²) in [5, 5.41) is 10.6. The molecule has 0 spiro atoms. The first-order valence-corrected chi connectivity index (χ1v) is 9.19. The van der Waals surface area contributed by atoms with Gasteiger partial charge in [-0.3, -0.25) is 0 Å². The predicted molar refractivity (Wildman–Crippen MR) is 88.9 cm³/mol. The van der Waals surface area contributed by atoms with E-state index in [9.17, 15) is 5.11 Å². The van der Waals surface area contributed by atoms with Crippen molar-refractivity contribution in [3.05, 3.63) is 22.8 Å². The van der Waals surface area contributed by atoms with Crippen LogP contribution in [0.25, 0.3) is 0 Å². The average molecular weight is 300 g/mol. The summed E-state index contributed by atoms with van der Waals surface area (Å²) in [6.45, 7) is 4.53. The van der Waals surface area contributed by atoms with Crippen LogP contribution >= 0.6 is 0 Å². The number of benzene rings is 1. The monoisotopic (exact) mass is 300 g/mol. The highest BCUT2D eigenvalue weighted by atomic mass is 16.5. The van der Waals surface area contributed by atoms with Crippen LogP contribution in [0.2, 0.25) is 0 Å². The Kier molecular flexibility index (Phi) is 3.39. The Labute approximate surface area is 133 Å². The molecule has 2 nitrogen and oxygen atoms in total. The molecule has 1 saturated carbocycles. The SMILES string of the molecule is CCCCC1(C)CCc2cc(O)c3c(c2O1)C1CCC3CC1. The molecule has 0 amide bonds.